The number of carbonyl (C=O) groups excluding carboxylic acids is 1. The van der Waals surface area contributed by atoms with Gasteiger partial charge in [-0.2, -0.15) is 0 Å². The lowest BCUT2D eigenvalue weighted by atomic mass is 10.0. The van der Waals surface area contributed by atoms with Crippen LogP contribution in [0.25, 0.3) is 11.1 Å². The van der Waals surface area contributed by atoms with Crippen LogP contribution in [0.3, 0.4) is 0 Å². The molecule has 0 heterocycles. The lowest BCUT2D eigenvalue weighted by Crippen LogP contribution is -2.33. The van der Waals surface area contributed by atoms with E-state index in [1.165, 1.54) is 0 Å². The zero-order valence-electron chi connectivity index (χ0n) is 14.7. The van der Waals surface area contributed by atoms with Crippen molar-refractivity contribution in [1.29, 1.82) is 0 Å². The third kappa shape index (κ3) is 3.92. The lowest BCUT2D eigenvalue weighted by Gasteiger charge is -2.17. The number of para-hydroxylation sites is 1. The van der Waals surface area contributed by atoms with Gasteiger partial charge in [0.15, 0.2) is 0 Å². The largest absolute Gasteiger partial charge is 0.496 e. The number of benzene rings is 3. The summed E-state index contributed by atoms with van der Waals surface area (Å²) in [4.78, 5) is 12.7. The van der Waals surface area contributed by atoms with Crippen molar-refractivity contribution in [2.45, 2.75) is 6.04 Å². The van der Waals surface area contributed by atoms with E-state index < -0.39 is 0 Å². The van der Waals surface area contributed by atoms with E-state index in [9.17, 15) is 4.79 Å². The summed E-state index contributed by atoms with van der Waals surface area (Å²) in [6.07, 6.45) is 0. The maximum Gasteiger partial charge on any atom is 0.251 e. The molecule has 0 spiro atoms. The first-order valence-corrected chi connectivity index (χ1v) is 8.52. The van der Waals surface area contributed by atoms with Gasteiger partial charge >= 0.3 is 0 Å². The van der Waals surface area contributed by atoms with Crippen molar-refractivity contribution in [2.24, 2.45) is 5.73 Å². The van der Waals surface area contributed by atoms with Gasteiger partial charge in [0.05, 0.1) is 13.2 Å². The smallest absolute Gasteiger partial charge is 0.251 e. The molecule has 4 heteroatoms. The van der Waals surface area contributed by atoms with Gasteiger partial charge in [0.2, 0.25) is 0 Å². The molecule has 1 atom stereocenters. The highest BCUT2D eigenvalue weighted by Crippen LogP contribution is 2.30. The summed E-state index contributed by atoms with van der Waals surface area (Å²) >= 11 is 0. The van der Waals surface area contributed by atoms with Crippen LogP contribution in [0.2, 0.25) is 0 Å². The second-order valence-electron chi connectivity index (χ2n) is 5.95. The third-order valence-corrected chi connectivity index (χ3v) is 4.29. The van der Waals surface area contributed by atoms with E-state index in [4.69, 9.17) is 10.5 Å². The molecule has 3 N–H and O–H groups in total. The Labute approximate surface area is 153 Å². The summed E-state index contributed by atoms with van der Waals surface area (Å²) in [5.74, 6) is 0.621. The van der Waals surface area contributed by atoms with E-state index in [2.05, 4.69) is 5.32 Å². The molecule has 0 aliphatic heterocycles. The second-order valence-corrected chi connectivity index (χ2v) is 5.95. The quantitative estimate of drug-likeness (QED) is 0.714. The molecule has 0 saturated carbocycles. The first-order valence-electron chi connectivity index (χ1n) is 8.52. The predicted octanol–water partition coefficient (Wildman–Crippen LogP) is 3.79. The Balaban J connectivity index is 1.84. The average Bonchev–Trinajstić information content (AvgIpc) is 2.72. The van der Waals surface area contributed by atoms with Crippen LogP contribution < -0.4 is 15.8 Å². The first-order chi connectivity index (χ1) is 12.7. The van der Waals surface area contributed by atoms with E-state index in [-0.39, 0.29) is 11.9 Å². The minimum atomic E-state index is -0.224. The predicted molar refractivity (Wildman–Crippen MR) is 104 cm³/mol. The second kappa shape index (κ2) is 8.32. The van der Waals surface area contributed by atoms with Crippen molar-refractivity contribution in [3.63, 3.8) is 0 Å². The Kier molecular flexibility index (Phi) is 5.66. The molecule has 3 aromatic carbocycles. The maximum absolute atomic E-state index is 12.7. The fourth-order valence-corrected chi connectivity index (χ4v) is 2.92. The van der Waals surface area contributed by atoms with Crippen LogP contribution in [0.15, 0.2) is 78.9 Å². The van der Waals surface area contributed by atoms with Gasteiger partial charge in [0.1, 0.15) is 5.75 Å². The fourth-order valence-electron chi connectivity index (χ4n) is 2.92. The van der Waals surface area contributed by atoms with E-state index in [0.29, 0.717) is 12.1 Å². The number of ether oxygens (including phenoxy) is 1. The van der Waals surface area contributed by atoms with E-state index in [1.54, 1.807) is 13.2 Å². The molecule has 0 radical (unpaired) electrons. The van der Waals surface area contributed by atoms with E-state index in [1.807, 2.05) is 72.8 Å². The van der Waals surface area contributed by atoms with Crippen LogP contribution in [-0.2, 0) is 0 Å². The molecule has 0 aliphatic rings. The molecule has 26 heavy (non-hydrogen) atoms. The molecule has 1 amide bonds. The first kappa shape index (κ1) is 17.7. The normalized spacial score (nSPS) is 11.6. The Hall–Kier alpha value is -3.11. The summed E-state index contributed by atoms with van der Waals surface area (Å²) in [5.41, 5.74) is 9.31. The zero-order chi connectivity index (χ0) is 18.4. The van der Waals surface area contributed by atoms with Gasteiger partial charge in [-0.15, -0.1) is 0 Å². The summed E-state index contributed by atoms with van der Waals surface area (Å²) < 4.78 is 5.42. The molecule has 0 aromatic heterocycles. The van der Waals surface area contributed by atoms with Crippen LogP contribution in [0.4, 0.5) is 0 Å². The van der Waals surface area contributed by atoms with Crippen molar-refractivity contribution in [3.05, 3.63) is 90.0 Å². The molecule has 0 aliphatic carbocycles. The Morgan fingerprint density at radius 1 is 1.00 bits per heavy atom. The molecule has 3 aromatic rings. The summed E-state index contributed by atoms with van der Waals surface area (Å²) in [6.45, 7) is 0.335. The molecule has 132 valence electrons. The average molecular weight is 346 g/mol. The molecule has 0 saturated heterocycles. The molecule has 0 bridgehead atoms. The summed E-state index contributed by atoms with van der Waals surface area (Å²) in [5, 5.41) is 3.01. The highest BCUT2D eigenvalue weighted by molar-refractivity contribution is 5.96. The highest BCUT2D eigenvalue weighted by atomic mass is 16.5. The minimum absolute atomic E-state index is 0.152. The van der Waals surface area contributed by atoms with Gasteiger partial charge in [0.25, 0.3) is 5.91 Å². The van der Waals surface area contributed by atoms with Crippen molar-refractivity contribution >= 4 is 5.91 Å². The summed E-state index contributed by atoms with van der Waals surface area (Å²) in [7, 11) is 1.64. The van der Waals surface area contributed by atoms with Crippen LogP contribution in [-0.4, -0.2) is 19.6 Å². The number of amides is 1. The molecular formula is C22H22N2O2. The summed E-state index contributed by atoms with van der Waals surface area (Å²) in [6, 6.07) is 24.8. The molecule has 0 unspecified atom stereocenters. The lowest BCUT2D eigenvalue weighted by molar-refractivity contribution is 0.0938. The molecule has 0 fully saturated rings. The number of nitrogens with two attached hydrogens (primary N) is 1. The van der Waals surface area contributed by atoms with Crippen LogP contribution in [0, 0.1) is 0 Å². The van der Waals surface area contributed by atoms with Crippen molar-refractivity contribution in [1.82, 2.24) is 5.32 Å². The highest BCUT2D eigenvalue weighted by Gasteiger charge is 2.15. The van der Waals surface area contributed by atoms with Crippen LogP contribution >= 0.6 is 0 Å². The number of rotatable bonds is 6. The van der Waals surface area contributed by atoms with Crippen LogP contribution in [0.1, 0.15) is 22.0 Å². The van der Waals surface area contributed by atoms with Crippen LogP contribution in [0.5, 0.6) is 5.75 Å². The Morgan fingerprint density at radius 2 is 1.73 bits per heavy atom. The minimum Gasteiger partial charge on any atom is -0.496 e. The van der Waals surface area contributed by atoms with Gasteiger partial charge < -0.3 is 15.8 Å². The van der Waals surface area contributed by atoms with Crippen molar-refractivity contribution in [2.75, 3.05) is 13.7 Å². The number of nitrogens with one attached hydrogen (secondary N) is 1. The van der Waals surface area contributed by atoms with Crippen molar-refractivity contribution < 1.29 is 9.53 Å². The number of hydrogen-bond acceptors (Lipinski definition) is 3. The van der Waals surface area contributed by atoms with E-state index in [0.717, 1.165) is 22.4 Å². The maximum atomic E-state index is 12.7. The molecule has 4 nitrogen and oxygen atoms in total. The monoisotopic (exact) mass is 346 g/mol. The standard InChI is InChI=1S/C22H22N2O2/c1-26-21-13-6-5-12-19(21)17-10-7-11-18(14-17)22(25)24-20(15-23)16-8-3-2-4-9-16/h2-14,20H,15,23H2,1H3,(H,24,25)/t20-/m0/s1. The van der Waals surface area contributed by atoms with Gasteiger partial charge in [-0.05, 0) is 29.3 Å². The Bertz CT molecular complexity index is 878. The van der Waals surface area contributed by atoms with Gasteiger partial charge in [-0.1, -0.05) is 60.7 Å². The molecule has 3 rings (SSSR count). The zero-order valence-corrected chi connectivity index (χ0v) is 14.7. The fraction of sp³-hybridized carbons (Fsp3) is 0.136. The van der Waals surface area contributed by atoms with E-state index >= 15 is 0 Å². The van der Waals surface area contributed by atoms with Gasteiger partial charge in [0, 0.05) is 17.7 Å². The SMILES string of the molecule is COc1ccccc1-c1cccc(C(=O)N[C@@H](CN)c2ccccc2)c1. The van der Waals surface area contributed by atoms with Crippen molar-refractivity contribution in [3.8, 4) is 16.9 Å². The van der Waals surface area contributed by atoms with Gasteiger partial charge in [-0.25, -0.2) is 0 Å². The molecular weight excluding hydrogens is 324 g/mol. The number of methoxy groups -OCH3 is 1. The Morgan fingerprint density at radius 3 is 2.46 bits per heavy atom. The number of carbonyl (C=O) groups is 1. The number of hydrogen-bond donors (Lipinski definition) is 2. The topological polar surface area (TPSA) is 64.3 Å². The third-order valence-electron chi connectivity index (χ3n) is 4.29. The van der Waals surface area contributed by atoms with Gasteiger partial charge in [-0.3, -0.25) is 4.79 Å².